The fourth-order valence-electron chi connectivity index (χ4n) is 2.83. The number of rotatable bonds is 8. The van der Waals surface area contributed by atoms with Gasteiger partial charge in [0.1, 0.15) is 12.4 Å². The largest absolute Gasteiger partial charge is 0.487 e. The van der Waals surface area contributed by atoms with Crippen molar-refractivity contribution in [3.05, 3.63) is 97.5 Å². The number of hydrogen-bond acceptors (Lipinski definition) is 4. The number of nitro groups is 1. The maximum Gasteiger partial charge on any atom is 0.269 e. The quantitative estimate of drug-likeness (QED) is 0.320. The van der Waals surface area contributed by atoms with Crippen LogP contribution in [0.5, 0.6) is 5.75 Å². The number of non-ortho nitro benzene ring substituents is 1. The predicted octanol–water partition coefficient (Wildman–Crippen LogP) is 6.66. The highest BCUT2D eigenvalue weighted by molar-refractivity contribution is 6.35. The van der Waals surface area contributed by atoms with Gasteiger partial charge in [-0.25, -0.2) is 0 Å². The van der Waals surface area contributed by atoms with E-state index in [-0.39, 0.29) is 12.3 Å². The number of benzene rings is 3. The van der Waals surface area contributed by atoms with Crippen molar-refractivity contribution < 1.29 is 9.66 Å². The molecule has 5 nitrogen and oxygen atoms in total. The lowest BCUT2D eigenvalue weighted by atomic mass is 10.1. The molecule has 0 fully saturated rings. The van der Waals surface area contributed by atoms with Crippen molar-refractivity contribution in [2.24, 2.45) is 0 Å². The average Bonchev–Trinajstić information content (AvgIpc) is 2.72. The van der Waals surface area contributed by atoms with E-state index in [1.807, 2.05) is 18.2 Å². The van der Waals surface area contributed by atoms with E-state index < -0.39 is 4.92 Å². The molecule has 0 saturated carbocycles. The first-order chi connectivity index (χ1) is 14.0. The van der Waals surface area contributed by atoms with Crippen molar-refractivity contribution in [3.8, 4) is 5.75 Å². The van der Waals surface area contributed by atoms with E-state index in [1.54, 1.807) is 18.2 Å². The fourth-order valence-corrected chi connectivity index (χ4v) is 3.42. The van der Waals surface area contributed by atoms with Crippen LogP contribution in [0.4, 0.5) is 11.4 Å². The van der Waals surface area contributed by atoms with Crippen LogP contribution in [0.15, 0.2) is 60.7 Å². The molecule has 0 radical (unpaired) electrons. The summed E-state index contributed by atoms with van der Waals surface area (Å²) in [4.78, 5) is 10.3. The second-order valence-electron chi connectivity index (χ2n) is 6.49. The van der Waals surface area contributed by atoms with Crippen molar-refractivity contribution in [3.63, 3.8) is 0 Å². The topological polar surface area (TPSA) is 64.4 Å². The molecule has 0 heterocycles. The summed E-state index contributed by atoms with van der Waals surface area (Å²) in [6.45, 7) is 2.84. The van der Waals surface area contributed by atoms with Crippen molar-refractivity contribution >= 4 is 34.6 Å². The van der Waals surface area contributed by atoms with Crippen LogP contribution >= 0.6 is 23.2 Å². The highest BCUT2D eigenvalue weighted by Crippen LogP contribution is 2.33. The standard InChI is InChI=1S/C22H20Cl2N2O3/c1-2-15-3-7-19(8-4-15)25-13-17-11-18(23)12-21(24)22(17)29-14-16-5-9-20(10-6-16)26(27)28/h3-12,25H,2,13-14H2,1H3. The summed E-state index contributed by atoms with van der Waals surface area (Å²) in [5.74, 6) is 0.534. The number of nitro benzene ring substituents is 1. The van der Waals surface area contributed by atoms with Gasteiger partial charge in [-0.3, -0.25) is 10.1 Å². The maximum absolute atomic E-state index is 10.8. The van der Waals surface area contributed by atoms with Gasteiger partial charge in [-0.1, -0.05) is 42.3 Å². The van der Waals surface area contributed by atoms with Crippen LogP contribution in [0.3, 0.4) is 0 Å². The van der Waals surface area contributed by atoms with Gasteiger partial charge in [-0.15, -0.1) is 0 Å². The molecule has 1 N–H and O–H groups in total. The summed E-state index contributed by atoms with van der Waals surface area (Å²) in [6.07, 6.45) is 0.991. The molecule has 0 unspecified atom stereocenters. The van der Waals surface area contributed by atoms with Gasteiger partial charge in [0.25, 0.3) is 5.69 Å². The van der Waals surface area contributed by atoms with Gasteiger partial charge in [-0.2, -0.15) is 0 Å². The molecule has 3 aromatic carbocycles. The summed E-state index contributed by atoms with van der Waals surface area (Å²) in [6, 6.07) is 17.9. The Morgan fingerprint density at radius 3 is 2.28 bits per heavy atom. The molecule has 0 spiro atoms. The molecule has 150 valence electrons. The SMILES string of the molecule is CCc1ccc(NCc2cc(Cl)cc(Cl)c2OCc2ccc([N+](=O)[O-])cc2)cc1. The zero-order valence-electron chi connectivity index (χ0n) is 15.8. The molecule has 0 aliphatic heterocycles. The Hall–Kier alpha value is -2.76. The number of hydrogen-bond donors (Lipinski definition) is 1. The zero-order valence-corrected chi connectivity index (χ0v) is 17.3. The minimum Gasteiger partial charge on any atom is -0.487 e. The lowest BCUT2D eigenvalue weighted by Gasteiger charge is -2.15. The smallest absolute Gasteiger partial charge is 0.269 e. The van der Waals surface area contributed by atoms with Gasteiger partial charge in [0.15, 0.2) is 0 Å². The van der Waals surface area contributed by atoms with Crippen molar-refractivity contribution in [1.82, 2.24) is 0 Å². The lowest BCUT2D eigenvalue weighted by Crippen LogP contribution is -2.05. The molecule has 0 saturated heterocycles. The van der Waals surface area contributed by atoms with Crippen molar-refractivity contribution in [1.29, 1.82) is 0 Å². The van der Waals surface area contributed by atoms with E-state index in [1.165, 1.54) is 17.7 Å². The third-order valence-electron chi connectivity index (χ3n) is 4.46. The third-order valence-corrected chi connectivity index (χ3v) is 4.96. The lowest BCUT2D eigenvalue weighted by molar-refractivity contribution is -0.384. The first-order valence-electron chi connectivity index (χ1n) is 9.13. The minimum atomic E-state index is -0.433. The van der Waals surface area contributed by atoms with Gasteiger partial charge in [-0.05, 0) is 53.9 Å². The van der Waals surface area contributed by atoms with Gasteiger partial charge < -0.3 is 10.1 Å². The number of nitrogens with one attached hydrogen (secondary N) is 1. The average molecular weight is 431 g/mol. The number of anilines is 1. The highest BCUT2D eigenvalue weighted by Gasteiger charge is 2.12. The van der Waals surface area contributed by atoms with Crippen molar-refractivity contribution in [2.75, 3.05) is 5.32 Å². The Balaban J connectivity index is 1.72. The third kappa shape index (κ3) is 5.62. The minimum absolute atomic E-state index is 0.0391. The van der Waals surface area contributed by atoms with Crippen LogP contribution in [0.1, 0.15) is 23.6 Å². The van der Waals surface area contributed by atoms with Crippen molar-refractivity contribution in [2.45, 2.75) is 26.5 Å². The van der Waals surface area contributed by atoms with Crippen LogP contribution in [-0.2, 0) is 19.6 Å². The maximum atomic E-state index is 10.8. The Morgan fingerprint density at radius 1 is 1.00 bits per heavy atom. The van der Waals surface area contributed by atoms with Crippen LogP contribution in [0.25, 0.3) is 0 Å². The van der Waals surface area contributed by atoms with Gasteiger partial charge in [0.05, 0.1) is 9.95 Å². The van der Waals surface area contributed by atoms with Gasteiger partial charge >= 0.3 is 0 Å². The monoisotopic (exact) mass is 430 g/mol. The Kier molecular flexibility index (Phi) is 6.96. The number of aryl methyl sites for hydroxylation is 1. The molecule has 0 bridgehead atoms. The Morgan fingerprint density at radius 2 is 1.66 bits per heavy atom. The van der Waals surface area contributed by atoms with Crippen LogP contribution in [0, 0.1) is 10.1 Å². The molecule has 7 heteroatoms. The fraction of sp³-hybridized carbons (Fsp3) is 0.182. The summed E-state index contributed by atoms with van der Waals surface area (Å²) >= 11 is 12.5. The van der Waals surface area contributed by atoms with E-state index in [2.05, 4.69) is 24.4 Å². The zero-order chi connectivity index (χ0) is 20.8. The van der Waals surface area contributed by atoms with E-state index in [9.17, 15) is 10.1 Å². The first kappa shape index (κ1) is 21.0. The number of halogens is 2. The molecule has 3 aromatic rings. The Bertz CT molecular complexity index is 990. The number of ether oxygens (including phenoxy) is 1. The second-order valence-corrected chi connectivity index (χ2v) is 7.34. The molecule has 0 atom stereocenters. The predicted molar refractivity (Wildman–Crippen MR) is 117 cm³/mol. The van der Waals surface area contributed by atoms with E-state index in [0.29, 0.717) is 22.3 Å². The Labute approximate surface area is 179 Å². The highest BCUT2D eigenvalue weighted by atomic mass is 35.5. The van der Waals surface area contributed by atoms with Gasteiger partial charge in [0.2, 0.25) is 0 Å². The first-order valence-corrected chi connectivity index (χ1v) is 9.88. The number of nitrogens with zero attached hydrogens (tertiary/aromatic N) is 1. The van der Waals surface area contributed by atoms with Gasteiger partial charge in [0, 0.05) is 35.0 Å². The summed E-state index contributed by atoms with van der Waals surface area (Å²) < 4.78 is 5.93. The molecular formula is C22H20Cl2N2O3. The van der Waals surface area contributed by atoms with Crippen LogP contribution < -0.4 is 10.1 Å². The molecular weight excluding hydrogens is 411 g/mol. The van der Waals surface area contributed by atoms with Crippen LogP contribution in [0.2, 0.25) is 10.0 Å². The summed E-state index contributed by atoms with van der Waals surface area (Å²) in [5.41, 5.74) is 3.92. The van der Waals surface area contributed by atoms with E-state index >= 15 is 0 Å². The van der Waals surface area contributed by atoms with E-state index in [0.717, 1.165) is 23.2 Å². The molecule has 3 rings (SSSR count). The molecule has 0 amide bonds. The normalized spacial score (nSPS) is 10.6. The summed E-state index contributed by atoms with van der Waals surface area (Å²) in [5, 5.41) is 15.1. The summed E-state index contributed by atoms with van der Waals surface area (Å²) in [7, 11) is 0. The second kappa shape index (κ2) is 9.63. The van der Waals surface area contributed by atoms with Crippen LogP contribution in [-0.4, -0.2) is 4.92 Å². The molecule has 0 aromatic heterocycles. The molecule has 0 aliphatic carbocycles. The van der Waals surface area contributed by atoms with E-state index in [4.69, 9.17) is 27.9 Å². The molecule has 0 aliphatic rings. The molecule has 29 heavy (non-hydrogen) atoms.